The molecule has 1 atom stereocenters. The largest absolute Gasteiger partial charge is 0.379 e. The van der Waals surface area contributed by atoms with Gasteiger partial charge in [-0.1, -0.05) is 6.92 Å². The quantitative estimate of drug-likeness (QED) is 0.844. The molecule has 4 nitrogen and oxygen atoms in total. The molecule has 1 aromatic rings. The molecule has 1 fully saturated rings. The van der Waals surface area contributed by atoms with Crippen molar-refractivity contribution in [1.82, 2.24) is 5.32 Å². The van der Waals surface area contributed by atoms with Crippen molar-refractivity contribution in [3.05, 3.63) is 21.9 Å². The van der Waals surface area contributed by atoms with Crippen LogP contribution in [-0.4, -0.2) is 24.7 Å². The number of aryl methyl sites for hydroxylation is 1. The summed E-state index contributed by atoms with van der Waals surface area (Å²) in [6, 6.07) is 2.10. The lowest BCUT2D eigenvalue weighted by Gasteiger charge is -2.20. The summed E-state index contributed by atoms with van der Waals surface area (Å²) in [5.41, 5.74) is 6.44. The second-order valence-electron chi connectivity index (χ2n) is 4.36. The van der Waals surface area contributed by atoms with E-state index in [1.165, 1.54) is 10.4 Å². The zero-order chi connectivity index (χ0) is 12.3. The third kappa shape index (κ3) is 2.68. The van der Waals surface area contributed by atoms with E-state index in [9.17, 15) is 4.79 Å². The highest BCUT2D eigenvalue weighted by Crippen LogP contribution is 2.19. The van der Waals surface area contributed by atoms with E-state index in [1.807, 2.05) is 0 Å². The van der Waals surface area contributed by atoms with Gasteiger partial charge in [0, 0.05) is 11.5 Å². The van der Waals surface area contributed by atoms with Gasteiger partial charge < -0.3 is 15.8 Å². The normalized spacial score (nSPS) is 23.9. The fraction of sp³-hybridized carbons (Fsp3) is 0.583. The topological polar surface area (TPSA) is 64.4 Å². The van der Waals surface area contributed by atoms with Crippen LogP contribution in [0.3, 0.4) is 0 Å². The van der Waals surface area contributed by atoms with E-state index < -0.39 is 5.54 Å². The second-order valence-corrected chi connectivity index (χ2v) is 5.36. The predicted octanol–water partition coefficient (Wildman–Crippen LogP) is 1.04. The average molecular weight is 254 g/mol. The number of nitrogens with two attached hydrogens (primary N) is 1. The van der Waals surface area contributed by atoms with Crippen LogP contribution < -0.4 is 11.1 Å². The van der Waals surface area contributed by atoms with Crippen molar-refractivity contribution in [2.24, 2.45) is 5.73 Å². The molecular formula is C12H18N2O2S. The van der Waals surface area contributed by atoms with Gasteiger partial charge in [-0.05, 0) is 29.9 Å². The molecule has 0 saturated carbocycles. The van der Waals surface area contributed by atoms with Crippen LogP contribution in [0.2, 0.25) is 0 Å². The van der Waals surface area contributed by atoms with Crippen molar-refractivity contribution in [2.45, 2.75) is 31.8 Å². The molecule has 1 unspecified atom stereocenters. The molecule has 1 saturated heterocycles. The summed E-state index contributed by atoms with van der Waals surface area (Å²) in [7, 11) is 0. The highest BCUT2D eigenvalue weighted by atomic mass is 32.1. The number of hydrogen-bond donors (Lipinski definition) is 2. The van der Waals surface area contributed by atoms with Crippen LogP contribution in [-0.2, 0) is 22.5 Å². The Morgan fingerprint density at radius 3 is 3.18 bits per heavy atom. The fourth-order valence-electron chi connectivity index (χ4n) is 1.93. The maximum absolute atomic E-state index is 12.0. The highest BCUT2D eigenvalue weighted by molar-refractivity contribution is 7.10. The Kier molecular flexibility index (Phi) is 3.81. The first-order valence-corrected chi connectivity index (χ1v) is 6.74. The first-order chi connectivity index (χ1) is 8.15. The van der Waals surface area contributed by atoms with Crippen LogP contribution in [0.25, 0.3) is 0 Å². The Labute approximate surface area is 105 Å². The smallest absolute Gasteiger partial charge is 0.242 e. The molecule has 0 spiro atoms. The molecule has 1 amide bonds. The molecule has 0 aromatic carbocycles. The molecule has 3 N–H and O–H groups in total. The predicted molar refractivity (Wildman–Crippen MR) is 67.9 cm³/mol. The first kappa shape index (κ1) is 12.5. The van der Waals surface area contributed by atoms with Gasteiger partial charge >= 0.3 is 0 Å². The van der Waals surface area contributed by atoms with E-state index in [0.717, 1.165) is 6.42 Å². The van der Waals surface area contributed by atoms with Crippen molar-refractivity contribution >= 4 is 17.2 Å². The molecule has 94 valence electrons. The summed E-state index contributed by atoms with van der Waals surface area (Å²) in [6.07, 6.45) is 1.59. The lowest BCUT2D eigenvalue weighted by molar-refractivity contribution is -0.126. The third-order valence-corrected chi connectivity index (χ3v) is 4.10. The standard InChI is InChI=1S/C12H18N2O2S/c1-2-9-3-6-17-10(9)7-14-11(15)12(13)4-5-16-8-12/h3,6H,2,4-5,7-8,13H2,1H3,(H,14,15). The van der Waals surface area contributed by atoms with Gasteiger partial charge in [-0.15, -0.1) is 11.3 Å². The minimum Gasteiger partial charge on any atom is -0.379 e. The number of amides is 1. The lowest BCUT2D eigenvalue weighted by atomic mass is 9.99. The number of carbonyl (C=O) groups excluding carboxylic acids is 1. The molecule has 0 bridgehead atoms. The molecule has 17 heavy (non-hydrogen) atoms. The van der Waals surface area contributed by atoms with E-state index in [2.05, 4.69) is 23.7 Å². The average Bonchev–Trinajstić information content (AvgIpc) is 2.95. The summed E-state index contributed by atoms with van der Waals surface area (Å²) < 4.78 is 5.18. The molecule has 0 radical (unpaired) electrons. The zero-order valence-corrected chi connectivity index (χ0v) is 10.8. The van der Waals surface area contributed by atoms with Crippen molar-refractivity contribution in [1.29, 1.82) is 0 Å². The van der Waals surface area contributed by atoms with Crippen molar-refractivity contribution < 1.29 is 9.53 Å². The molecule has 1 aliphatic rings. The van der Waals surface area contributed by atoms with Gasteiger partial charge in [0.15, 0.2) is 0 Å². The maximum atomic E-state index is 12.0. The Hall–Kier alpha value is -0.910. The number of hydrogen-bond acceptors (Lipinski definition) is 4. The van der Waals surface area contributed by atoms with Gasteiger partial charge in [0.05, 0.1) is 13.2 Å². The van der Waals surface area contributed by atoms with Gasteiger partial charge in [0.2, 0.25) is 5.91 Å². The van der Waals surface area contributed by atoms with Gasteiger partial charge in [-0.2, -0.15) is 0 Å². The molecule has 0 aliphatic carbocycles. The Morgan fingerprint density at radius 1 is 1.71 bits per heavy atom. The Morgan fingerprint density at radius 2 is 2.53 bits per heavy atom. The Balaban J connectivity index is 1.92. The van der Waals surface area contributed by atoms with E-state index in [0.29, 0.717) is 26.2 Å². The van der Waals surface area contributed by atoms with E-state index >= 15 is 0 Å². The van der Waals surface area contributed by atoms with Crippen molar-refractivity contribution in [3.63, 3.8) is 0 Å². The monoisotopic (exact) mass is 254 g/mol. The van der Waals surface area contributed by atoms with Gasteiger partial charge in [-0.3, -0.25) is 4.79 Å². The highest BCUT2D eigenvalue weighted by Gasteiger charge is 2.38. The summed E-state index contributed by atoms with van der Waals surface area (Å²) in [5, 5.41) is 4.96. The number of carbonyl (C=O) groups is 1. The van der Waals surface area contributed by atoms with Gasteiger partial charge in [-0.25, -0.2) is 0 Å². The van der Waals surface area contributed by atoms with Crippen molar-refractivity contribution in [2.75, 3.05) is 13.2 Å². The van der Waals surface area contributed by atoms with E-state index in [1.54, 1.807) is 11.3 Å². The number of ether oxygens (including phenoxy) is 1. The van der Waals surface area contributed by atoms with Crippen LogP contribution in [0.15, 0.2) is 11.4 Å². The molecule has 2 rings (SSSR count). The minimum atomic E-state index is -0.830. The summed E-state index contributed by atoms with van der Waals surface area (Å²) in [5.74, 6) is -0.106. The lowest BCUT2D eigenvalue weighted by Crippen LogP contribution is -2.54. The number of thiophene rings is 1. The van der Waals surface area contributed by atoms with Crippen LogP contribution >= 0.6 is 11.3 Å². The molecule has 1 aromatic heterocycles. The fourth-order valence-corrected chi connectivity index (χ4v) is 2.85. The van der Waals surface area contributed by atoms with Crippen LogP contribution in [0.5, 0.6) is 0 Å². The van der Waals surface area contributed by atoms with Crippen LogP contribution in [0, 0.1) is 0 Å². The molecular weight excluding hydrogens is 236 g/mol. The minimum absolute atomic E-state index is 0.106. The number of nitrogens with one attached hydrogen (secondary N) is 1. The summed E-state index contributed by atoms with van der Waals surface area (Å²) in [4.78, 5) is 13.2. The summed E-state index contributed by atoms with van der Waals surface area (Å²) in [6.45, 7) is 3.58. The first-order valence-electron chi connectivity index (χ1n) is 5.86. The SMILES string of the molecule is CCc1ccsc1CNC(=O)C1(N)CCOC1. The molecule has 2 heterocycles. The number of rotatable bonds is 4. The van der Waals surface area contributed by atoms with Gasteiger partial charge in [0.25, 0.3) is 0 Å². The van der Waals surface area contributed by atoms with Crippen LogP contribution in [0.4, 0.5) is 0 Å². The van der Waals surface area contributed by atoms with E-state index in [-0.39, 0.29) is 5.91 Å². The molecule has 5 heteroatoms. The van der Waals surface area contributed by atoms with E-state index in [4.69, 9.17) is 10.5 Å². The zero-order valence-electron chi connectivity index (χ0n) is 9.99. The maximum Gasteiger partial charge on any atom is 0.242 e. The Bertz CT molecular complexity index is 397. The summed E-state index contributed by atoms with van der Waals surface area (Å²) >= 11 is 1.67. The van der Waals surface area contributed by atoms with Crippen molar-refractivity contribution in [3.8, 4) is 0 Å². The van der Waals surface area contributed by atoms with Gasteiger partial charge in [0.1, 0.15) is 5.54 Å². The third-order valence-electron chi connectivity index (χ3n) is 3.13. The second kappa shape index (κ2) is 5.16. The van der Waals surface area contributed by atoms with Crippen LogP contribution in [0.1, 0.15) is 23.8 Å². The molecule has 1 aliphatic heterocycles.